The Morgan fingerprint density at radius 1 is 0.667 bits per heavy atom. The highest BCUT2D eigenvalue weighted by atomic mass is 32.1. The second-order valence-electron chi connectivity index (χ2n) is 8.36. The van der Waals surface area contributed by atoms with E-state index in [1.165, 1.54) is 38.5 Å². The summed E-state index contributed by atoms with van der Waals surface area (Å²) in [4.78, 5) is 4.19. The van der Waals surface area contributed by atoms with Gasteiger partial charge in [-0.2, -0.15) is 10.5 Å². The van der Waals surface area contributed by atoms with E-state index in [1.807, 2.05) is 0 Å². The van der Waals surface area contributed by atoms with Crippen LogP contribution in [0.2, 0.25) is 0 Å². The molecule has 0 aliphatic heterocycles. The van der Waals surface area contributed by atoms with Gasteiger partial charge in [0.15, 0.2) is 10.2 Å². The van der Waals surface area contributed by atoms with Gasteiger partial charge in [-0.05, 0) is 50.1 Å². The predicted molar refractivity (Wildman–Crippen MR) is 129 cm³/mol. The smallest absolute Gasteiger partial charge is 0.169 e. The molecule has 2 rings (SSSR count). The molecule has 2 N–H and O–H groups in total. The molecule has 2 saturated carbocycles. The Balaban J connectivity index is 1.91. The van der Waals surface area contributed by atoms with E-state index in [-0.39, 0.29) is 0 Å². The van der Waals surface area contributed by atoms with Crippen LogP contribution in [0.25, 0.3) is 0 Å². The van der Waals surface area contributed by atoms with Crippen molar-refractivity contribution in [1.29, 1.82) is 10.5 Å². The van der Waals surface area contributed by atoms with E-state index < -0.39 is 0 Å². The fraction of sp³-hybridized carbons (Fsp3) is 0.818. The lowest BCUT2D eigenvalue weighted by Gasteiger charge is -2.34. The van der Waals surface area contributed by atoms with E-state index in [2.05, 4.69) is 32.6 Å². The Morgan fingerprint density at radius 2 is 1.03 bits per heavy atom. The minimum Gasteiger partial charge on any atom is -0.360 e. The normalized spacial score (nSPS) is 17.4. The average molecular weight is 449 g/mol. The van der Waals surface area contributed by atoms with Crippen molar-refractivity contribution in [2.24, 2.45) is 0 Å². The maximum absolute atomic E-state index is 9.06. The van der Waals surface area contributed by atoms with Crippen LogP contribution in [-0.2, 0) is 0 Å². The van der Waals surface area contributed by atoms with Gasteiger partial charge in [0, 0.05) is 38.3 Å². The van der Waals surface area contributed by atoms with E-state index in [9.17, 15) is 0 Å². The van der Waals surface area contributed by atoms with Crippen LogP contribution < -0.4 is 10.6 Å². The Kier molecular flexibility index (Phi) is 11.8. The fourth-order valence-electron chi connectivity index (χ4n) is 4.27. The van der Waals surface area contributed by atoms with Crippen LogP contribution in [0.1, 0.15) is 77.0 Å². The minimum atomic E-state index is 0.440. The molecule has 0 unspecified atom stereocenters. The van der Waals surface area contributed by atoms with Crippen molar-refractivity contribution < 1.29 is 0 Å². The zero-order valence-electron chi connectivity index (χ0n) is 18.1. The molecule has 0 amide bonds. The Morgan fingerprint density at radius 3 is 1.37 bits per heavy atom. The lowest BCUT2D eigenvalue weighted by atomic mass is 9.96. The van der Waals surface area contributed by atoms with Crippen molar-refractivity contribution in [2.75, 3.05) is 26.2 Å². The molecule has 8 heteroatoms. The first-order chi connectivity index (χ1) is 14.6. The number of hydrogen-bond donors (Lipinski definition) is 2. The van der Waals surface area contributed by atoms with Gasteiger partial charge in [0.25, 0.3) is 0 Å². The van der Waals surface area contributed by atoms with Gasteiger partial charge >= 0.3 is 0 Å². The SMILES string of the molecule is N#CCCN(CCN(CCC#N)C(=S)NC1CCCCC1)C(=S)NC1CCCCC1. The van der Waals surface area contributed by atoms with Crippen LogP contribution in [0, 0.1) is 22.7 Å². The molecule has 0 atom stereocenters. The van der Waals surface area contributed by atoms with Crippen LogP contribution in [0.4, 0.5) is 0 Å². The lowest BCUT2D eigenvalue weighted by Crippen LogP contribution is -2.51. The second-order valence-corrected chi connectivity index (χ2v) is 9.13. The summed E-state index contributed by atoms with van der Waals surface area (Å²) < 4.78 is 0. The summed E-state index contributed by atoms with van der Waals surface area (Å²) in [6.45, 7) is 2.62. The Hall–Kier alpha value is -1.64. The van der Waals surface area contributed by atoms with Crippen LogP contribution in [0.5, 0.6) is 0 Å². The number of rotatable bonds is 9. The third-order valence-corrected chi connectivity index (χ3v) is 6.82. The van der Waals surface area contributed by atoms with Crippen molar-refractivity contribution in [3.05, 3.63) is 0 Å². The molecule has 30 heavy (non-hydrogen) atoms. The number of nitriles is 2. The van der Waals surface area contributed by atoms with E-state index in [0.29, 0.717) is 51.1 Å². The van der Waals surface area contributed by atoms with Crippen LogP contribution in [-0.4, -0.2) is 58.3 Å². The monoisotopic (exact) mass is 448 g/mol. The highest BCUT2D eigenvalue weighted by Gasteiger charge is 2.20. The molecule has 0 saturated heterocycles. The first-order valence-electron chi connectivity index (χ1n) is 11.5. The van der Waals surface area contributed by atoms with Gasteiger partial charge in [0.05, 0.1) is 25.0 Å². The fourth-order valence-corrected chi connectivity index (χ4v) is 4.97. The Bertz CT molecular complexity index is 560. The zero-order valence-corrected chi connectivity index (χ0v) is 19.7. The molecule has 0 heterocycles. The molecule has 6 nitrogen and oxygen atoms in total. The maximum Gasteiger partial charge on any atom is 0.169 e. The number of hydrogen-bond acceptors (Lipinski definition) is 4. The summed E-state index contributed by atoms with van der Waals surface area (Å²) in [7, 11) is 0. The third-order valence-electron chi connectivity index (χ3n) is 6.07. The molecule has 166 valence electrons. The van der Waals surface area contributed by atoms with Crippen LogP contribution >= 0.6 is 24.4 Å². The van der Waals surface area contributed by atoms with E-state index in [0.717, 1.165) is 35.9 Å². The molecule has 0 aromatic heterocycles. The third kappa shape index (κ3) is 9.02. The van der Waals surface area contributed by atoms with Crippen molar-refractivity contribution in [2.45, 2.75) is 89.1 Å². The summed E-state index contributed by atoms with van der Waals surface area (Å²) >= 11 is 11.4. The predicted octanol–water partition coefficient (Wildman–Crippen LogP) is 3.83. The summed E-state index contributed by atoms with van der Waals surface area (Å²) in [5.41, 5.74) is 0. The second kappa shape index (κ2) is 14.4. The number of thiocarbonyl (C=S) groups is 2. The molecule has 0 aromatic carbocycles. The Labute approximate surface area is 193 Å². The first kappa shape index (κ1) is 24.6. The molecule has 2 aliphatic carbocycles. The van der Waals surface area contributed by atoms with Gasteiger partial charge < -0.3 is 20.4 Å². The summed E-state index contributed by atoms with van der Waals surface area (Å²) in [5.74, 6) is 0. The largest absolute Gasteiger partial charge is 0.360 e. The van der Waals surface area contributed by atoms with Gasteiger partial charge in [0.1, 0.15) is 0 Å². The van der Waals surface area contributed by atoms with Crippen molar-refractivity contribution >= 4 is 34.7 Å². The standard InChI is InChI=1S/C22H36N6S2/c23-13-7-15-27(21(29)25-19-9-3-1-4-10-19)17-18-28(16-8-14-24)22(30)26-20-11-5-2-6-12-20/h19-20H,1-12,15-18H2,(H,25,29)(H,26,30). The number of nitrogens with one attached hydrogen (secondary N) is 2. The molecule has 2 aliphatic rings. The van der Waals surface area contributed by atoms with Gasteiger partial charge in [0.2, 0.25) is 0 Å². The molecule has 0 aromatic rings. The molecule has 0 radical (unpaired) electrons. The van der Waals surface area contributed by atoms with Crippen molar-refractivity contribution in [3.63, 3.8) is 0 Å². The molecular weight excluding hydrogens is 412 g/mol. The quantitative estimate of drug-likeness (QED) is 0.515. The number of nitrogens with zero attached hydrogens (tertiary/aromatic N) is 4. The lowest BCUT2D eigenvalue weighted by molar-refractivity contribution is 0.322. The maximum atomic E-state index is 9.06. The molecular formula is C22H36N6S2. The first-order valence-corrected chi connectivity index (χ1v) is 12.3. The summed E-state index contributed by atoms with van der Waals surface area (Å²) in [5, 5.41) is 26.6. The van der Waals surface area contributed by atoms with Crippen LogP contribution in [0.15, 0.2) is 0 Å². The van der Waals surface area contributed by atoms with E-state index in [1.54, 1.807) is 0 Å². The van der Waals surface area contributed by atoms with E-state index >= 15 is 0 Å². The highest BCUT2D eigenvalue weighted by Crippen LogP contribution is 2.18. The molecule has 2 fully saturated rings. The average Bonchev–Trinajstić information content (AvgIpc) is 2.77. The van der Waals surface area contributed by atoms with Gasteiger partial charge in [-0.3, -0.25) is 0 Å². The summed E-state index contributed by atoms with van der Waals surface area (Å²) in [6, 6.07) is 5.35. The molecule has 0 spiro atoms. The van der Waals surface area contributed by atoms with Crippen molar-refractivity contribution in [3.8, 4) is 12.1 Å². The van der Waals surface area contributed by atoms with Gasteiger partial charge in [-0.1, -0.05) is 38.5 Å². The summed E-state index contributed by atoms with van der Waals surface area (Å²) in [6.07, 6.45) is 13.2. The van der Waals surface area contributed by atoms with E-state index in [4.69, 9.17) is 35.0 Å². The highest BCUT2D eigenvalue weighted by molar-refractivity contribution is 7.80. The minimum absolute atomic E-state index is 0.440. The van der Waals surface area contributed by atoms with Crippen LogP contribution in [0.3, 0.4) is 0 Å². The van der Waals surface area contributed by atoms with Crippen molar-refractivity contribution in [1.82, 2.24) is 20.4 Å². The van der Waals surface area contributed by atoms with Gasteiger partial charge in [-0.15, -0.1) is 0 Å². The zero-order chi connectivity index (χ0) is 21.6. The van der Waals surface area contributed by atoms with Gasteiger partial charge in [-0.25, -0.2) is 0 Å². The topological polar surface area (TPSA) is 78.1 Å². The molecule has 0 bridgehead atoms.